The first kappa shape index (κ1) is 23.7. The zero-order chi connectivity index (χ0) is 24.9. The minimum absolute atomic E-state index is 0.00952. The monoisotopic (exact) mass is 486 g/mol. The molecule has 0 aliphatic heterocycles. The Kier molecular flexibility index (Phi) is 5.61. The van der Waals surface area contributed by atoms with E-state index in [2.05, 4.69) is 10.3 Å². The average Bonchev–Trinajstić information content (AvgIpc) is 3.54. The summed E-state index contributed by atoms with van der Waals surface area (Å²) in [6.45, 7) is 0. The van der Waals surface area contributed by atoms with E-state index in [-0.39, 0.29) is 35.2 Å². The summed E-state index contributed by atoms with van der Waals surface area (Å²) < 4.78 is 105. The van der Waals surface area contributed by atoms with Gasteiger partial charge in [-0.2, -0.15) is 26.3 Å². The third-order valence-electron chi connectivity index (χ3n) is 5.59. The second kappa shape index (κ2) is 8.07. The number of aromatic nitrogens is 1. The molecule has 2 aromatic carbocycles. The first-order valence-corrected chi connectivity index (χ1v) is 9.83. The molecule has 0 saturated heterocycles. The highest BCUT2D eigenvalue weighted by atomic mass is 19.4. The lowest BCUT2D eigenvalue weighted by Gasteiger charge is -2.18. The number of anilines is 1. The van der Waals surface area contributed by atoms with Crippen molar-refractivity contribution in [3.8, 4) is 11.1 Å². The molecule has 1 amide bonds. The summed E-state index contributed by atoms with van der Waals surface area (Å²) in [5.74, 6) is -2.74. The van der Waals surface area contributed by atoms with Gasteiger partial charge in [-0.25, -0.2) is 8.78 Å². The molecule has 178 valence electrons. The molecule has 1 aromatic heterocycles. The van der Waals surface area contributed by atoms with Crippen LogP contribution in [0, 0.1) is 11.6 Å². The molecular weight excluding hydrogens is 472 g/mol. The SMILES string of the molecule is O=C(Nc1ccc(-c2ccc(C(F)(F)F)nc2)c(F)c1)C1(c2ccc(C(F)(F)F)cc2F)CC1. The summed E-state index contributed by atoms with van der Waals surface area (Å²) in [5, 5.41) is 2.43. The van der Waals surface area contributed by atoms with Gasteiger partial charge < -0.3 is 5.32 Å². The van der Waals surface area contributed by atoms with Crippen LogP contribution in [0.2, 0.25) is 0 Å². The molecule has 1 fully saturated rings. The van der Waals surface area contributed by atoms with E-state index in [9.17, 15) is 39.9 Å². The van der Waals surface area contributed by atoms with Crippen LogP contribution in [0.5, 0.6) is 0 Å². The number of pyridine rings is 1. The topological polar surface area (TPSA) is 42.0 Å². The summed E-state index contributed by atoms with van der Waals surface area (Å²) in [5.41, 5.74) is -3.87. The van der Waals surface area contributed by atoms with Crippen LogP contribution in [-0.4, -0.2) is 10.9 Å². The zero-order valence-corrected chi connectivity index (χ0v) is 17.0. The van der Waals surface area contributed by atoms with Crippen molar-refractivity contribution in [2.24, 2.45) is 0 Å². The fraction of sp³-hybridized carbons (Fsp3) is 0.217. The summed E-state index contributed by atoms with van der Waals surface area (Å²) in [7, 11) is 0. The minimum Gasteiger partial charge on any atom is -0.325 e. The highest BCUT2D eigenvalue weighted by Gasteiger charge is 2.53. The maximum atomic E-state index is 14.6. The molecule has 0 atom stereocenters. The molecule has 3 aromatic rings. The Balaban J connectivity index is 1.53. The van der Waals surface area contributed by atoms with Gasteiger partial charge in [-0.1, -0.05) is 12.1 Å². The molecule has 0 unspecified atom stereocenters. The number of hydrogen-bond donors (Lipinski definition) is 1. The molecule has 1 aliphatic rings. The molecule has 34 heavy (non-hydrogen) atoms. The van der Waals surface area contributed by atoms with Gasteiger partial charge in [-0.15, -0.1) is 0 Å². The Labute approximate surface area is 187 Å². The first-order chi connectivity index (χ1) is 15.8. The van der Waals surface area contributed by atoms with Crippen LogP contribution < -0.4 is 5.32 Å². The lowest BCUT2D eigenvalue weighted by atomic mass is 9.93. The average molecular weight is 486 g/mol. The Bertz CT molecular complexity index is 1250. The number of carbonyl (C=O) groups excluding carboxylic acids is 1. The number of rotatable bonds is 4. The van der Waals surface area contributed by atoms with Gasteiger partial charge in [0.15, 0.2) is 0 Å². The molecule has 4 rings (SSSR count). The van der Waals surface area contributed by atoms with Crippen molar-refractivity contribution in [2.75, 3.05) is 5.32 Å². The predicted octanol–water partition coefficient (Wildman–Crippen LogP) is 6.73. The van der Waals surface area contributed by atoms with Gasteiger partial charge in [-0.3, -0.25) is 9.78 Å². The fourth-order valence-electron chi connectivity index (χ4n) is 3.62. The van der Waals surface area contributed by atoms with Crippen LogP contribution in [0.1, 0.15) is 29.7 Å². The Morgan fingerprint density at radius 1 is 0.853 bits per heavy atom. The van der Waals surface area contributed by atoms with Crippen molar-refractivity contribution in [1.29, 1.82) is 0 Å². The minimum atomic E-state index is -4.74. The van der Waals surface area contributed by atoms with Gasteiger partial charge in [0.05, 0.1) is 11.0 Å². The van der Waals surface area contributed by atoms with Crippen molar-refractivity contribution in [1.82, 2.24) is 4.98 Å². The van der Waals surface area contributed by atoms with Gasteiger partial charge in [0, 0.05) is 28.6 Å². The van der Waals surface area contributed by atoms with Crippen molar-refractivity contribution < 1.29 is 39.9 Å². The van der Waals surface area contributed by atoms with Crippen molar-refractivity contribution >= 4 is 11.6 Å². The van der Waals surface area contributed by atoms with Gasteiger partial charge in [-0.05, 0) is 49.2 Å². The number of carbonyl (C=O) groups is 1. The van der Waals surface area contributed by atoms with Gasteiger partial charge in [0.1, 0.15) is 17.3 Å². The summed E-state index contributed by atoms with van der Waals surface area (Å²) in [6.07, 6.45) is -8.12. The predicted molar refractivity (Wildman–Crippen MR) is 106 cm³/mol. The highest BCUT2D eigenvalue weighted by molar-refractivity contribution is 6.01. The fourth-order valence-corrected chi connectivity index (χ4v) is 3.62. The van der Waals surface area contributed by atoms with Crippen LogP contribution in [0.3, 0.4) is 0 Å². The number of benzene rings is 2. The first-order valence-electron chi connectivity index (χ1n) is 9.83. The number of nitrogens with one attached hydrogen (secondary N) is 1. The second-order valence-electron chi connectivity index (χ2n) is 7.85. The number of nitrogens with zero attached hydrogens (tertiary/aromatic N) is 1. The molecule has 0 radical (unpaired) electrons. The maximum absolute atomic E-state index is 14.6. The van der Waals surface area contributed by atoms with Crippen molar-refractivity contribution in [3.63, 3.8) is 0 Å². The van der Waals surface area contributed by atoms with E-state index < -0.39 is 46.6 Å². The van der Waals surface area contributed by atoms with E-state index in [4.69, 9.17) is 0 Å². The number of alkyl halides is 6. The van der Waals surface area contributed by atoms with E-state index >= 15 is 0 Å². The molecule has 0 bridgehead atoms. The highest BCUT2D eigenvalue weighted by Crippen LogP contribution is 2.50. The van der Waals surface area contributed by atoms with E-state index in [1.54, 1.807) is 0 Å². The summed E-state index contributed by atoms with van der Waals surface area (Å²) >= 11 is 0. The Morgan fingerprint density at radius 3 is 2.06 bits per heavy atom. The van der Waals surface area contributed by atoms with Gasteiger partial charge in [0.2, 0.25) is 5.91 Å². The summed E-state index contributed by atoms with van der Waals surface area (Å²) in [6, 6.07) is 7.17. The maximum Gasteiger partial charge on any atom is 0.433 e. The molecule has 0 spiro atoms. The van der Waals surface area contributed by atoms with E-state index in [1.807, 2.05) is 0 Å². The van der Waals surface area contributed by atoms with Crippen molar-refractivity contribution in [2.45, 2.75) is 30.6 Å². The van der Waals surface area contributed by atoms with E-state index in [1.165, 1.54) is 12.1 Å². The Hall–Kier alpha value is -3.50. The second-order valence-corrected chi connectivity index (χ2v) is 7.85. The van der Waals surface area contributed by atoms with Crippen LogP contribution in [-0.2, 0) is 22.6 Å². The third-order valence-corrected chi connectivity index (χ3v) is 5.59. The number of amides is 1. The van der Waals surface area contributed by atoms with Crippen LogP contribution in [0.25, 0.3) is 11.1 Å². The lowest BCUT2D eigenvalue weighted by molar-refractivity contribution is -0.141. The van der Waals surface area contributed by atoms with Crippen molar-refractivity contribution in [3.05, 3.63) is 83.2 Å². The van der Waals surface area contributed by atoms with Gasteiger partial charge in [0.25, 0.3) is 0 Å². The van der Waals surface area contributed by atoms with Gasteiger partial charge >= 0.3 is 12.4 Å². The Morgan fingerprint density at radius 2 is 1.56 bits per heavy atom. The van der Waals surface area contributed by atoms with Crippen LogP contribution in [0.15, 0.2) is 54.7 Å². The number of halogens is 8. The lowest BCUT2D eigenvalue weighted by Crippen LogP contribution is -2.29. The molecular formula is C23H14F8N2O. The number of hydrogen-bond acceptors (Lipinski definition) is 2. The third kappa shape index (κ3) is 4.46. The quantitative estimate of drug-likeness (QED) is 0.416. The zero-order valence-electron chi connectivity index (χ0n) is 17.0. The standard InChI is InChI=1S/C23H14F8N2O/c24-17-10-14(3-4-15(17)12-1-6-19(32-11-12)23(29,30)31)33-20(34)21(7-8-21)16-5-2-13(9-18(16)25)22(26,27)28/h1-6,9-11H,7-8H2,(H,33,34). The molecule has 1 aliphatic carbocycles. The van der Waals surface area contributed by atoms with Crippen LogP contribution >= 0.6 is 0 Å². The molecule has 11 heteroatoms. The molecule has 1 heterocycles. The largest absolute Gasteiger partial charge is 0.433 e. The molecule has 3 nitrogen and oxygen atoms in total. The van der Waals surface area contributed by atoms with E-state index in [0.717, 1.165) is 24.4 Å². The van der Waals surface area contributed by atoms with E-state index in [0.29, 0.717) is 18.2 Å². The molecule has 1 saturated carbocycles. The molecule has 1 N–H and O–H groups in total. The van der Waals surface area contributed by atoms with Crippen LogP contribution in [0.4, 0.5) is 40.8 Å². The summed E-state index contributed by atoms with van der Waals surface area (Å²) in [4.78, 5) is 16.1. The smallest absolute Gasteiger partial charge is 0.325 e. The normalized spacial score (nSPS) is 15.2.